The van der Waals surface area contributed by atoms with Crippen molar-refractivity contribution in [3.05, 3.63) is 47.6 Å². The molecule has 0 saturated heterocycles. The minimum Gasteiger partial charge on any atom is -0.398 e. The number of nitrogen functional groups attached to an aromatic ring is 1. The van der Waals surface area contributed by atoms with E-state index in [1.807, 2.05) is 65.8 Å². The van der Waals surface area contributed by atoms with Gasteiger partial charge < -0.3 is 10.5 Å². The van der Waals surface area contributed by atoms with Gasteiger partial charge in [-0.25, -0.2) is 0 Å². The molecule has 0 spiro atoms. The average Bonchev–Trinajstić information content (AvgIpc) is 2.76. The van der Waals surface area contributed by atoms with Gasteiger partial charge in [0.2, 0.25) is 0 Å². The van der Waals surface area contributed by atoms with Crippen LogP contribution in [0.5, 0.6) is 0 Å². The second kappa shape index (κ2) is 22.8. The molecule has 1 aromatic carbocycles. The molecular formula is C28H52N2O. The van der Waals surface area contributed by atoms with Gasteiger partial charge in [-0.05, 0) is 62.8 Å². The van der Waals surface area contributed by atoms with Gasteiger partial charge in [-0.2, -0.15) is 0 Å². The fourth-order valence-electron chi connectivity index (χ4n) is 2.71. The zero-order valence-electron chi connectivity index (χ0n) is 22.5. The number of unbranched alkanes of at least 4 members (excludes halogenated alkanes) is 1. The number of benzene rings is 1. The smallest absolute Gasteiger partial charge is 0.0549 e. The third kappa shape index (κ3) is 17.5. The summed E-state index contributed by atoms with van der Waals surface area (Å²) in [5, 5.41) is 0. The fourth-order valence-corrected chi connectivity index (χ4v) is 2.71. The molecule has 0 aliphatic rings. The number of allylic oxidation sites excluding steroid dienone is 3. The number of hydrogen-bond acceptors (Lipinski definition) is 3. The van der Waals surface area contributed by atoms with Gasteiger partial charge in [-0.15, -0.1) is 0 Å². The van der Waals surface area contributed by atoms with Crippen LogP contribution in [0, 0.1) is 12.8 Å². The van der Waals surface area contributed by atoms with Crippen LogP contribution in [0.15, 0.2) is 41.4 Å². The lowest BCUT2D eigenvalue weighted by Crippen LogP contribution is -2.11. The summed E-state index contributed by atoms with van der Waals surface area (Å²) in [6, 6.07) is 5.95. The molecule has 3 nitrogen and oxygen atoms in total. The molecule has 180 valence electrons. The van der Waals surface area contributed by atoms with Gasteiger partial charge >= 0.3 is 0 Å². The van der Waals surface area contributed by atoms with Crippen LogP contribution in [0.4, 0.5) is 5.69 Å². The van der Waals surface area contributed by atoms with E-state index in [0.29, 0.717) is 6.10 Å². The molecule has 0 saturated carbocycles. The van der Waals surface area contributed by atoms with E-state index in [-0.39, 0.29) is 0 Å². The van der Waals surface area contributed by atoms with Gasteiger partial charge in [0.15, 0.2) is 0 Å². The Labute approximate surface area is 194 Å². The molecule has 0 radical (unpaired) electrons. The fraction of sp³-hybridized carbons (Fsp3) is 0.607. The first-order valence-corrected chi connectivity index (χ1v) is 12.0. The Morgan fingerprint density at radius 3 is 2.19 bits per heavy atom. The molecule has 1 unspecified atom stereocenters. The van der Waals surface area contributed by atoms with Gasteiger partial charge in [-0.3, -0.25) is 4.99 Å². The van der Waals surface area contributed by atoms with Crippen LogP contribution in [0.2, 0.25) is 0 Å². The number of aliphatic imine (C=N–C) groups is 1. The maximum Gasteiger partial charge on any atom is 0.0549 e. The largest absolute Gasteiger partial charge is 0.398 e. The third-order valence-electron chi connectivity index (χ3n) is 4.17. The van der Waals surface area contributed by atoms with E-state index in [0.717, 1.165) is 34.9 Å². The van der Waals surface area contributed by atoms with Crippen molar-refractivity contribution in [2.45, 2.75) is 94.6 Å². The van der Waals surface area contributed by atoms with Crippen molar-refractivity contribution in [2.24, 2.45) is 10.9 Å². The highest BCUT2D eigenvalue weighted by molar-refractivity contribution is 6.01. The van der Waals surface area contributed by atoms with E-state index in [9.17, 15) is 0 Å². The lowest BCUT2D eigenvalue weighted by atomic mass is 9.97. The summed E-state index contributed by atoms with van der Waals surface area (Å²) in [4.78, 5) is 4.01. The summed E-state index contributed by atoms with van der Waals surface area (Å²) >= 11 is 0. The second-order valence-electron chi connectivity index (χ2n) is 7.37. The van der Waals surface area contributed by atoms with Gasteiger partial charge in [-0.1, -0.05) is 79.2 Å². The molecule has 0 aromatic heterocycles. The highest BCUT2D eigenvalue weighted by atomic mass is 16.5. The Bertz CT molecular complexity index is 615. The van der Waals surface area contributed by atoms with Crippen LogP contribution in [-0.4, -0.2) is 26.0 Å². The summed E-state index contributed by atoms with van der Waals surface area (Å²) in [5.74, 6) is 0.756. The number of hydrogen-bond donors (Lipinski definition) is 1. The second-order valence-corrected chi connectivity index (χ2v) is 7.37. The molecule has 0 heterocycles. The molecule has 1 atom stereocenters. The van der Waals surface area contributed by atoms with Crippen molar-refractivity contribution >= 4 is 17.5 Å². The normalized spacial score (nSPS) is 11.5. The van der Waals surface area contributed by atoms with Crippen molar-refractivity contribution in [2.75, 3.05) is 19.4 Å². The van der Waals surface area contributed by atoms with E-state index < -0.39 is 0 Å². The molecule has 0 aliphatic carbocycles. The Morgan fingerprint density at radius 1 is 1.16 bits per heavy atom. The SMILES string of the molecule is C=C(/C(C=NC)=C/C)c1cc(C)ccc1N.CC.CC.CCCCOC(C)CC(C)C. The minimum atomic E-state index is 0.446. The topological polar surface area (TPSA) is 47.6 Å². The molecule has 31 heavy (non-hydrogen) atoms. The first-order chi connectivity index (χ1) is 14.8. The van der Waals surface area contributed by atoms with Crippen LogP contribution in [0.3, 0.4) is 0 Å². The van der Waals surface area contributed by atoms with E-state index in [1.54, 1.807) is 13.3 Å². The summed E-state index contributed by atoms with van der Waals surface area (Å²) < 4.78 is 5.59. The predicted octanol–water partition coefficient (Wildman–Crippen LogP) is 8.53. The monoisotopic (exact) mass is 432 g/mol. The minimum absolute atomic E-state index is 0.446. The predicted molar refractivity (Wildman–Crippen MR) is 145 cm³/mol. The molecular weight excluding hydrogens is 380 g/mol. The van der Waals surface area contributed by atoms with Crippen molar-refractivity contribution in [3.8, 4) is 0 Å². The van der Waals surface area contributed by atoms with Crippen molar-refractivity contribution in [1.82, 2.24) is 0 Å². The highest BCUT2D eigenvalue weighted by Crippen LogP contribution is 2.26. The highest BCUT2D eigenvalue weighted by Gasteiger charge is 2.07. The summed E-state index contributed by atoms with van der Waals surface area (Å²) in [5.41, 5.74) is 10.8. The number of aryl methyl sites for hydroxylation is 1. The molecule has 0 aliphatic heterocycles. The molecule has 1 aromatic rings. The van der Waals surface area contributed by atoms with Crippen molar-refractivity contribution < 1.29 is 4.74 Å². The van der Waals surface area contributed by atoms with Crippen LogP contribution in [-0.2, 0) is 4.74 Å². The average molecular weight is 433 g/mol. The van der Waals surface area contributed by atoms with Crippen LogP contribution in [0.25, 0.3) is 5.57 Å². The third-order valence-corrected chi connectivity index (χ3v) is 4.17. The quantitative estimate of drug-likeness (QED) is 0.184. The number of rotatable bonds is 9. The summed E-state index contributed by atoms with van der Waals surface area (Å²) in [6.07, 6.45) is 7.84. The Kier molecular flexibility index (Phi) is 24.8. The van der Waals surface area contributed by atoms with Crippen molar-refractivity contribution in [3.63, 3.8) is 0 Å². The lowest BCUT2D eigenvalue weighted by Gasteiger charge is -2.14. The standard InChI is InChI=1S/C14H18N2.C10H22O.2C2H6/c1-5-12(9-16-4)11(3)13-8-10(2)6-7-14(13)15;1-5-6-7-11-10(4)8-9(2)3;2*1-2/h5-9H,3,15H2,1-2,4H3;9-10H,5-8H2,1-4H3;2*1-2H3/b12-5+,16-9?;;;. The first kappa shape index (κ1) is 33.8. The number of nitrogens with zero attached hydrogens (tertiary/aromatic N) is 1. The summed E-state index contributed by atoms with van der Waals surface area (Å²) in [6.45, 7) is 25.8. The van der Waals surface area contributed by atoms with Crippen LogP contribution >= 0.6 is 0 Å². The lowest BCUT2D eigenvalue weighted by molar-refractivity contribution is 0.0502. The Balaban J connectivity index is -0.000000458. The molecule has 1 rings (SSSR count). The first-order valence-electron chi connectivity index (χ1n) is 12.0. The molecule has 0 bridgehead atoms. The molecule has 3 heteroatoms. The van der Waals surface area contributed by atoms with Crippen LogP contribution in [0.1, 0.15) is 92.7 Å². The maximum absolute atomic E-state index is 5.95. The van der Waals surface area contributed by atoms with Crippen molar-refractivity contribution in [1.29, 1.82) is 0 Å². The summed E-state index contributed by atoms with van der Waals surface area (Å²) in [7, 11) is 1.75. The zero-order chi connectivity index (χ0) is 24.8. The van der Waals surface area contributed by atoms with Crippen LogP contribution < -0.4 is 5.73 Å². The van der Waals surface area contributed by atoms with Gasteiger partial charge in [0.05, 0.1) is 6.10 Å². The molecule has 0 amide bonds. The maximum atomic E-state index is 5.95. The van der Waals surface area contributed by atoms with Gasteiger partial charge in [0.1, 0.15) is 0 Å². The Morgan fingerprint density at radius 2 is 1.74 bits per heavy atom. The number of nitrogens with two attached hydrogens (primary N) is 1. The van der Waals surface area contributed by atoms with Gasteiger partial charge in [0.25, 0.3) is 0 Å². The zero-order valence-corrected chi connectivity index (χ0v) is 22.5. The van der Waals surface area contributed by atoms with E-state index in [2.05, 4.69) is 39.3 Å². The van der Waals surface area contributed by atoms with Gasteiger partial charge in [0, 0.05) is 31.1 Å². The number of ether oxygens (including phenoxy) is 1. The molecule has 2 N–H and O–H groups in total. The number of anilines is 1. The Hall–Kier alpha value is -1.87. The molecule has 0 fully saturated rings. The van der Waals surface area contributed by atoms with E-state index >= 15 is 0 Å². The van der Waals surface area contributed by atoms with E-state index in [4.69, 9.17) is 10.5 Å². The van der Waals surface area contributed by atoms with E-state index in [1.165, 1.54) is 24.8 Å².